The molecule has 1 amide bonds. The maximum Gasteiger partial charge on any atom is 0.339 e. The number of rotatable bonds is 2. The second-order valence-electron chi connectivity index (χ2n) is 4.05. The van der Waals surface area contributed by atoms with Gasteiger partial charge in [-0.1, -0.05) is 12.1 Å². The molecular weight excluding hydrogens is 274 g/mol. The van der Waals surface area contributed by atoms with Crippen LogP contribution in [0, 0.1) is 0 Å². The number of phenols is 2. The molecule has 2 rings (SSSR count). The number of hydrogen-bond donors (Lipinski definition) is 4. The molecule has 0 spiro atoms. The molecule has 0 fully saturated rings. The van der Waals surface area contributed by atoms with Gasteiger partial charge >= 0.3 is 5.97 Å². The van der Waals surface area contributed by atoms with Gasteiger partial charge in [0.05, 0.1) is 0 Å². The van der Waals surface area contributed by atoms with Crippen molar-refractivity contribution >= 4 is 17.6 Å². The van der Waals surface area contributed by atoms with E-state index in [-0.39, 0.29) is 23.0 Å². The van der Waals surface area contributed by atoms with Crippen LogP contribution in [-0.2, 0) is 4.79 Å². The first-order valence-corrected chi connectivity index (χ1v) is 5.98. The number of carboxylic acids is 1. The number of amides is 1. The first-order chi connectivity index (χ1) is 9.90. The molecule has 6 heteroatoms. The van der Waals surface area contributed by atoms with E-state index in [9.17, 15) is 9.59 Å². The third-order valence-electron chi connectivity index (χ3n) is 2.32. The molecule has 0 aromatic heterocycles. The number of aromatic hydroxyl groups is 2. The molecule has 4 N–H and O–H groups in total. The summed E-state index contributed by atoms with van der Waals surface area (Å²) in [5, 5.41) is 28.8. The SMILES string of the molecule is CC(=O)Nc1ccc(O)cc1.O=C(O)c1ccccc1O. The van der Waals surface area contributed by atoms with Gasteiger partial charge in [-0.15, -0.1) is 0 Å². The topological polar surface area (TPSA) is 107 Å². The van der Waals surface area contributed by atoms with Crippen molar-refractivity contribution < 1.29 is 24.9 Å². The lowest BCUT2D eigenvalue weighted by Crippen LogP contribution is -2.04. The van der Waals surface area contributed by atoms with Crippen LogP contribution in [0.25, 0.3) is 0 Å². The Balaban J connectivity index is 0.000000211. The average molecular weight is 289 g/mol. The van der Waals surface area contributed by atoms with Crippen LogP contribution >= 0.6 is 0 Å². The molecule has 0 radical (unpaired) electrons. The third kappa shape index (κ3) is 5.65. The molecule has 21 heavy (non-hydrogen) atoms. The molecule has 0 aliphatic rings. The Kier molecular flexibility index (Phi) is 5.76. The van der Waals surface area contributed by atoms with Gasteiger partial charge in [-0.2, -0.15) is 0 Å². The van der Waals surface area contributed by atoms with E-state index in [1.165, 1.54) is 31.2 Å². The van der Waals surface area contributed by atoms with Crippen LogP contribution in [0.3, 0.4) is 0 Å². The lowest BCUT2D eigenvalue weighted by molar-refractivity contribution is -0.114. The van der Waals surface area contributed by atoms with Gasteiger partial charge in [0, 0.05) is 12.6 Å². The van der Waals surface area contributed by atoms with E-state index < -0.39 is 5.97 Å². The highest BCUT2D eigenvalue weighted by atomic mass is 16.4. The zero-order chi connectivity index (χ0) is 15.8. The predicted molar refractivity (Wildman–Crippen MR) is 77.5 cm³/mol. The number of aromatic carboxylic acids is 1. The average Bonchev–Trinajstić information content (AvgIpc) is 2.42. The molecular formula is C15H15NO5. The van der Waals surface area contributed by atoms with Crippen molar-refractivity contribution in [2.24, 2.45) is 0 Å². The van der Waals surface area contributed by atoms with E-state index in [1.807, 2.05) is 0 Å². The predicted octanol–water partition coefficient (Wildman–Crippen LogP) is 2.44. The minimum absolute atomic E-state index is 0.0671. The molecule has 6 nitrogen and oxygen atoms in total. The molecule has 110 valence electrons. The highest BCUT2D eigenvalue weighted by molar-refractivity contribution is 5.90. The van der Waals surface area contributed by atoms with E-state index in [0.717, 1.165) is 0 Å². The molecule has 0 unspecified atom stereocenters. The second kappa shape index (κ2) is 7.54. The first kappa shape index (κ1) is 16.0. The van der Waals surface area contributed by atoms with Crippen molar-refractivity contribution in [1.29, 1.82) is 0 Å². The summed E-state index contributed by atoms with van der Waals surface area (Å²) in [5.74, 6) is -1.23. The summed E-state index contributed by atoms with van der Waals surface area (Å²) in [6.07, 6.45) is 0. The van der Waals surface area contributed by atoms with Crippen LogP contribution in [-0.4, -0.2) is 27.2 Å². The zero-order valence-electron chi connectivity index (χ0n) is 11.3. The van der Waals surface area contributed by atoms with Gasteiger partial charge in [-0.25, -0.2) is 4.79 Å². The number of carbonyl (C=O) groups is 2. The van der Waals surface area contributed by atoms with Crippen molar-refractivity contribution in [3.05, 3.63) is 54.1 Å². The van der Waals surface area contributed by atoms with Gasteiger partial charge < -0.3 is 20.6 Å². The number of carboxylic acid groups (broad SMARTS) is 1. The molecule has 2 aromatic carbocycles. The Bertz CT molecular complexity index is 622. The van der Waals surface area contributed by atoms with Crippen LogP contribution in [0.2, 0.25) is 0 Å². The number of anilines is 1. The zero-order valence-corrected chi connectivity index (χ0v) is 11.3. The summed E-state index contributed by atoms with van der Waals surface area (Å²) in [6, 6.07) is 12.1. The summed E-state index contributed by atoms with van der Waals surface area (Å²) >= 11 is 0. The van der Waals surface area contributed by atoms with Crippen LogP contribution in [0.1, 0.15) is 17.3 Å². The lowest BCUT2D eigenvalue weighted by atomic mass is 10.2. The lowest BCUT2D eigenvalue weighted by Gasteiger charge is -1.99. The van der Waals surface area contributed by atoms with E-state index in [2.05, 4.69) is 5.32 Å². The Hall–Kier alpha value is -3.02. The van der Waals surface area contributed by atoms with Crippen molar-refractivity contribution in [2.45, 2.75) is 6.92 Å². The van der Waals surface area contributed by atoms with Gasteiger partial charge in [0.25, 0.3) is 0 Å². The molecule has 0 atom stereocenters. The highest BCUT2D eigenvalue weighted by Gasteiger charge is 2.05. The fourth-order valence-corrected chi connectivity index (χ4v) is 1.40. The minimum atomic E-state index is -1.11. The van der Waals surface area contributed by atoms with Crippen LogP contribution in [0.5, 0.6) is 11.5 Å². The molecule has 0 saturated heterocycles. The number of benzene rings is 2. The molecule has 0 saturated carbocycles. The molecule has 0 aliphatic carbocycles. The Labute approximate surface area is 121 Å². The van der Waals surface area contributed by atoms with Crippen molar-refractivity contribution in [3.8, 4) is 11.5 Å². The smallest absolute Gasteiger partial charge is 0.339 e. The Morgan fingerprint density at radius 1 is 0.952 bits per heavy atom. The molecule has 0 heterocycles. The monoisotopic (exact) mass is 289 g/mol. The third-order valence-corrected chi connectivity index (χ3v) is 2.32. The maximum atomic E-state index is 10.5. The second-order valence-corrected chi connectivity index (χ2v) is 4.05. The minimum Gasteiger partial charge on any atom is -0.508 e. The van der Waals surface area contributed by atoms with Gasteiger partial charge in [-0.3, -0.25) is 4.79 Å². The van der Waals surface area contributed by atoms with Crippen molar-refractivity contribution in [3.63, 3.8) is 0 Å². The summed E-state index contributed by atoms with van der Waals surface area (Å²) < 4.78 is 0. The summed E-state index contributed by atoms with van der Waals surface area (Å²) in [7, 11) is 0. The van der Waals surface area contributed by atoms with E-state index in [1.54, 1.807) is 24.3 Å². The number of para-hydroxylation sites is 1. The maximum absolute atomic E-state index is 10.5. The van der Waals surface area contributed by atoms with Gasteiger partial charge in [-0.05, 0) is 36.4 Å². The molecule has 0 bridgehead atoms. The van der Waals surface area contributed by atoms with E-state index >= 15 is 0 Å². The van der Waals surface area contributed by atoms with Gasteiger partial charge in [0.2, 0.25) is 5.91 Å². The quantitative estimate of drug-likeness (QED) is 0.635. The Morgan fingerprint density at radius 3 is 1.95 bits per heavy atom. The highest BCUT2D eigenvalue weighted by Crippen LogP contribution is 2.14. The van der Waals surface area contributed by atoms with Crippen molar-refractivity contribution in [1.82, 2.24) is 0 Å². The number of carbonyl (C=O) groups excluding carboxylic acids is 1. The first-order valence-electron chi connectivity index (χ1n) is 5.98. The van der Waals surface area contributed by atoms with E-state index in [0.29, 0.717) is 5.69 Å². The van der Waals surface area contributed by atoms with E-state index in [4.69, 9.17) is 15.3 Å². The summed E-state index contributed by atoms with van der Waals surface area (Å²) in [5.41, 5.74) is 0.623. The molecule has 0 aliphatic heterocycles. The normalized spacial score (nSPS) is 9.19. The number of nitrogens with one attached hydrogen (secondary N) is 1. The van der Waals surface area contributed by atoms with Crippen LogP contribution < -0.4 is 5.32 Å². The largest absolute Gasteiger partial charge is 0.508 e. The number of hydrogen-bond acceptors (Lipinski definition) is 4. The Morgan fingerprint density at radius 2 is 1.52 bits per heavy atom. The van der Waals surface area contributed by atoms with Crippen molar-refractivity contribution in [2.75, 3.05) is 5.32 Å². The molecule has 2 aromatic rings. The van der Waals surface area contributed by atoms with Crippen LogP contribution in [0.4, 0.5) is 5.69 Å². The van der Waals surface area contributed by atoms with Gasteiger partial charge in [0.15, 0.2) is 0 Å². The van der Waals surface area contributed by atoms with Gasteiger partial charge in [0.1, 0.15) is 17.1 Å². The summed E-state index contributed by atoms with van der Waals surface area (Å²) in [6.45, 7) is 1.44. The fourth-order valence-electron chi connectivity index (χ4n) is 1.40. The fraction of sp³-hybridized carbons (Fsp3) is 0.0667. The van der Waals surface area contributed by atoms with Crippen LogP contribution in [0.15, 0.2) is 48.5 Å². The standard InChI is InChI=1S/C8H9NO2.C7H6O3/c1-6(10)9-7-2-4-8(11)5-3-7;8-6-4-2-1-3-5(6)7(9)10/h2-5,11H,1H3,(H,9,10);1-4,8H,(H,9,10). The summed E-state index contributed by atoms with van der Waals surface area (Å²) in [4.78, 5) is 20.8. The number of phenolic OH excluding ortho intramolecular Hbond substituents is 1.